The van der Waals surface area contributed by atoms with Crippen molar-refractivity contribution in [2.45, 2.75) is 13.5 Å². The van der Waals surface area contributed by atoms with Gasteiger partial charge in [0.2, 0.25) is 5.88 Å². The van der Waals surface area contributed by atoms with Crippen LogP contribution in [0, 0.1) is 0 Å². The van der Waals surface area contributed by atoms with Gasteiger partial charge in [-0.15, -0.1) is 24.0 Å². The normalized spacial score (nSPS) is 10.6. The predicted octanol–water partition coefficient (Wildman–Crippen LogP) is 2.84. The number of nitrogens with zero attached hydrogens (tertiary/aromatic N) is 2. The van der Waals surface area contributed by atoms with Gasteiger partial charge in [0.1, 0.15) is 12.4 Å². The summed E-state index contributed by atoms with van der Waals surface area (Å²) < 4.78 is 10.9. The van der Waals surface area contributed by atoms with E-state index < -0.39 is 0 Å². The standard InChI is InChI=1S/C18H24N4O2.HI/c1-3-19-18(21-12-13-24-16-9-5-4-6-10-16)22-14-15-8-7-11-20-17(15)23-2;/h4-11H,3,12-14H2,1-2H3,(H2,19,21,22);1H. The highest BCUT2D eigenvalue weighted by Gasteiger charge is 2.03. The van der Waals surface area contributed by atoms with Crippen molar-refractivity contribution in [3.8, 4) is 11.6 Å². The van der Waals surface area contributed by atoms with Gasteiger partial charge in [0.05, 0.1) is 20.2 Å². The summed E-state index contributed by atoms with van der Waals surface area (Å²) >= 11 is 0. The highest BCUT2D eigenvalue weighted by atomic mass is 127. The highest BCUT2D eigenvalue weighted by Crippen LogP contribution is 2.14. The largest absolute Gasteiger partial charge is 0.492 e. The molecular weight excluding hydrogens is 431 g/mol. The van der Waals surface area contributed by atoms with Gasteiger partial charge in [0.15, 0.2) is 5.96 Å². The summed E-state index contributed by atoms with van der Waals surface area (Å²) in [5.41, 5.74) is 0.942. The molecule has 0 saturated carbocycles. The van der Waals surface area contributed by atoms with Crippen molar-refractivity contribution in [1.29, 1.82) is 0 Å². The smallest absolute Gasteiger partial charge is 0.218 e. The Balaban J connectivity index is 0.00000312. The second kappa shape index (κ2) is 12.3. The van der Waals surface area contributed by atoms with Crippen LogP contribution in [-0.4, -0.2) is 37.7 Å². The van der Waals surface area contributed by atoms with Crippen LogP contribution in [0.15, 0.2) is 53.7 Å². The zero-order valence-corrected chi connectivity index (χ0v) is 16.9. The van der Waals surface area contributed by atoms with Gasteiger partial charge < -0.3 is 20.1 Å². The van der Waals surface area contributed by atoms with E-state index in [1.165, 1.54) is 0 Å². The third-order valence-corrected chi connectivity index (χ3v) is 3.20. The minimum atomic E-state index is 0. The number of ether oxygens (including phenoxy) is 2. The zero-order valence-electron chi connectivity index (χ0n) is 14.6. The van der Waals surface area contributed by atoms with Gasteiger partial charge in [-0.2, -0.15) is 0 Å². The Kier molecular flexibility index (Phi) is 10.4. The maximum Gasteiger partial charge on any atom is 0.218 e. The monoisotopic (exact) mass is 456 g/mol. The molecule has 6 nitrogen and oxygen atoms in total. The van der Waals surface area contributed by atoms with Crippen molar-refractivity contribution in [2.75, 3.05) is 26.8 Å². The van der Waals surface area contributed by atoms with E-state index in [1.54, 1.807) is 13.3 Å². The fourth-order valence-electron chi connectivity index (χ4n) is 2.09. The molecule has 136 valence electrons. The Morgan fingerprint density at radius 3 is 2.64 bits per heavy atom. The quantitative estimate of drug-likeness (QED) is 0.277. The van der Waals surface area contributed by atoms with Crippen LogP contribution in [-0.2, 0) is 6.54 Å². The predicted molar refractivity (Wildman–Crippen MR) is 111 cm³/mol. The van der Waals surface area contributed by atoms with Crippen LogP contribution in [0.5, 0.6) is 11.6 Å². The van der Waals surface area contributed by atoms with Gasteiger partial charge in [-0.25, -0.2) is 9.98 Å². The van der Waals surface area contributed by atoms with Gasteiger partial charge in [-0.05, 0) is 25.1 Å². The number of nitrogens with one attached hydrogen (secondary N) is 2. The summed E-state index contributed by atoms with van der Waals surface area (Å²) in [5, 5.41) is 6.46. The van der Waals surface area contributed by atoms with Crippen molar-refractivity contribution in [3.63, 3.8) is 0 Å². The molecule has 2 aromatic rings. The summed E-state index contributed by atoms with van der Waals surface area (Å²) in [6, 6.07) is 13.6. The maximum absolute atomic E-state index is 5.66. The van der Waals surface area contributed by atoms with E-state index in [1.807, 2.05) is 49.4 Å². The summed E-state index contributed by atoms with van der Waals surface area (Å²) in [4.78, 5) is 8.73. The van der Waals surface area contributed by atoms with E-state index in [-0.39, 0.29) is 24.0 Å². The second-order valence-electron chi connectivity index (χ2n) is 4.96. The number of methoxy groups -OCH3 is 1. The van der Waals surface area contributed by atoms with Crippen LogP contribution in [0.25, 0.3) is 0 Å². The van der Waals surface area contributed by atoms with Gasteiger partial charge in [-0.3, -0.25) is 0 Å². The average Bonchev–Trinajstić information content (AvgIpc) is 2.64. The molecule has 1 aromatic carbocycles. The summed E-state index contributed by atoms with van der Waals surface area (Å²) in [6.07, 6.45) is 1.70. The average molecular weight is 456 g/mol. The first kappa shape index (κ1) is 21.0. The fraction of sp³-hybridized carbons (Fsp3) is 0.333. The first-order chi connectivity index (χ1) is 11.8. The molecule has 0 aliphatic rings. The fourth-order valence-corrected chi connectivity index (χ4v) is 2.09. The van der Waals surface area contributed by atoms with Gasteiger partial charge in [0.25, 0.3) is 0 Å². The van der Waals surface area contributed by atoms with Crippen molar-refractivity contribution in [3.05, 3.63) is 54.2 Å². The Hall–Kier alpha value is -2.03. The lowest BCUT2D eigenvalue weighted by Gasteiger charge is -2.12. The van der Waals surface area contributed by atoms with E-state index in [2.05, 4.69) is 20.6 Å². The number of pyridine rings is 1. The lowest BCUT2D eigenvalue weighted by molar-refractivity contribution is 0.322. The summed E-state index contributed by atoms with van der Waals surface area (Å²) in [5.74, 6) is 2.20. The maximum atomic E-state index is 5.66. The summed E-state index contributed by atoms with van der Waals surface area (Å²) in [7, 11) is 1.61. The third-order valence-electron chi connectivity index (χ3n) is 3.20. The molecule has 1 heterocycles. The molecule has 0 fully saturated rings. The first-order valence-corrected chi connectivity index (χ1v) is 8.01. The van der Waals surface area contributed by atoms with Crippen LogP contribution in [0.4, 0.5) is 0 Å². The van der Waals surface area contributed by atoms with Gasteiger partial charge >= 0.3 is 0 Å². The van der Waals surface area contributed by atoms with Crippen LogP contribution < -0.4 is 20.1 Å². The Labute approximate surface area is 166 Å². The molecule has 0 unspecified atom stereocenters. The van der Waals surface area contributed by atoms with Crippen LogP contribution in [0.2, 0.25) is 0 Å². The Morgan fingerprint density at radius 1 is 1.12 bits per heavy atom. The number of guanidine groups is 1. The lowest BCUT2D eigenvalue weighted by atomic mass is 10.3. The summed E-state index contributed by atoms with van der Waals surface area (Å²) in [6.45, 7) is 4.53. The van der Waals surface area contributed by atoms with Crippen molar-refractivity contribution in [1.82, 2.24) is 15.6 Å². The van der Waals surface area contributed by atoms with E-state index in [0.717, 1.165) is 23.8 Å². The number of halogens is 1. The molecule has 0 radical (unpaired) electrons. The topological polar surface area (TPSA) is 67.8 Å². The molecule has 2 N–H and O–H groups in total. The zero-order chi connectivity index (χ0) is 17.0. The minimum Gasteiger partial charge on any atom is -0.492 e. The molecule has 0 aliphatic carbocycles. The van der Waals surface area contributed by atoms with Crippen LogP contribution in [0.1, 0.15) is 12.5 Å². The van der Waals surface area contributed by atoms with Crippen molar-refractivity contribution >= 4 is 29.9 Å². The SMILES string of the molecule is CCNC(=NCc1cccnc1OC)NCCOc1ccccc1.I. The number of benzene rings is 1. The molecule has 0 aliphatic heterocycles. The molecule has 0 atom stereocenters. The number of aromatic nitrogens is 1. The molecule has 7 heteroatoms. The first-order valence-electron chi connectivity index (χ1n) is 8.01. The van der Waals surface area contributed by atoms with Crippen molar-refractivity contribution < 1.29 is 9.47 Å². The van der Waals surface area contributed by atoms with E-state index in [9.17, 15) is 0 Å². The molecule has 0 spiro atoms. The number of aliphatic imine (C=N–C) groups is 1. The number of hydrogen-bond donors (Lipinski definition) is 2. The van der Waals surface area contributed by atoms with E-state index >= 15 is 0 Å². The second-order valence-corrected chi connectivity index (χ2v) is 4.96. The third kappa shape index (κ3) is 7.59. The van der Waals surface area contributed by atoms with Crippen LogP contribution >= 0.6 is 24.0 Å². The van der Waals surface area contributed by atoms with Crippen molar-refractivity contribution in [2.24, 2.45) is 4.99 Å². The van der Waals surface area contributed by atoms with Gasteiger partial charge in [0, 0.05) is 18.3 Å². The minimum absolute atomic E-state index is 0. The molecule has 0 amide bonds. The molecular formula is C18H25IN4O2. The Bertz CT molecular complexity index is 638. The molecule has 2 rings (SSSR count). The Morgan fingerprint density at radius 2 is 1.92 bits per heavy atom. The van der Waals surface area contributed by atoms with Crippen LogP contribution in [0.3, 0.4) is 0 Å². The van der Waals surface area contributed by atoms with Gasteiger partial charge in [-0.1, -0.05) is 24.3 Å². The van der Waals surface area contributed by atoms with E-state index in [0.29, 0.717) is 25.6 Å². The molecule has 0 bridgehead atoms. The molecule has 0 saturated heterocycles. The number of hydrogen-bond acceptors (Lipinski definition) is 4. The number of rotatable bonds is 8. The van der Waals surface area contributed by atoms with E-state index in [4.69, 9.17) is 9.47 Å². The number of para-hydroxylation sites is 1. The lowest BCUT2D eigenvalue weighted by Crippen LogP contribution is -2.39. The molecule has 1 aromatic heterocycles. The highest BCUT2D eigenvalue weighted by molar-refractivity contribution is 14.0. The molecule has 25 heavy (non-hydrogen) atoms.